The zero-order chi connectivity index (χ0) is 34.0. The van der Waals surface area contributed by atoms with Gasteiger partial charge < -0.3 is 25.5 Å². The van der Waals surface area contributed by atoms with Gasteiger partial charge in [0.25, 0.3) is 0 Å². The van der Waals surface area contributed by atoms with Crippen molar-refractivity contribution in [2.45, 2.75) is 65.6 Å². The third kappa shape index (κ3) is 3.46. The van der Waals surface area contributed by atoms with E-state index in [1.54, 1.807) is 51.1 Å². The summed E-state index contributed by atoms with van der Waals surface area (Å²) in [7, 11) is 0. The van der Waals surface area contributed by atoms with E-state index in [2.05, 4.69) is 0 Å². The average molecular weight is 629 g/mol. The lowest BCUT2D eigenvalue weighted by Gasteiger charge is -2.63. The first-order valence-corrected chi connectivity index (χ1v) is 15.3. The zero-order valence-corrected chi connectivity index (χ0v) is 26.3. The van der Waals surface area contributed by atoms with Crippen LogP contribution in [0.4, 0.5) is 0 Å². The maximum Gasteiger partial charge on any atom is 0.203 e. The minimum Gasteiger partial charge on any atom is -0.508 e. The van der Waals surface area contributed by atoms with Gasteiger partial charge >= 0.3 is 0 Å². The topological polar surface area (TPSA) is 186 Å². The number of aromatic hydroxyl groups is 1. The predicted molar refractivity (Wildman–Crippen MR) is 164 cm³/mol. The first-order valence-electron chi connectivity index (χ1n) is 15.3. The smallest absolute Gasteiger partial charge is 0.203 e. The number of Topliss-reactive ketones (excluding diaryl/α,β-unsaturated/α-hetero) is 5. The highest BCUT2D eigenvalue weighted by Crippen LogP contribution is 2.67. The molecule has 1 fully saturated rings. The number of fused-ring (bicyclic) bond motifs is 4. The summed E-state index contributed by atoms with van der Waals surface area (Å²) in [5.74, 6) is -9.92. The van der Waals surface area contributed by atoms with E-state index in [-0.39, 0.29) is 28.7 Å². The van der Waals surface area contributed by atoms with Gasteiger partial charge in [0, 0.05) is 27.9 Å². The van der Waals surface area contributed by atoms with Gasteiger partial charge in [0.1, 0.15) is 22.8 Å². The van der Waals surface area contributed by atoms with Crippen LogP contribution in [-0.2, 0) is 20.8 Å². The maximum absolute atomic E-state index is 14.6. The van der Waals surface area contributed by atoms with Crippen molar-refractivity contribution in [1.29, 1.82) is 0 Å². The molecule has 0 bridgehead atoms. The number of rotatable bonds is 4. The zero-order valence-electron chi connectivity index (χ0n) is 26.3. The van der Waals surface area contributed by atoms with E-state index in [1.807, 2.05) is 0 Å². The number of allylic oxidation sites excluding steroid dienone is 1. The van der Waals surface area contributed by atoms with Gasteiger partial charge in [-0.05, 0) is 36.3 Å². The van der Waals surface area contributed by atoms with Crippen LogP contribution in [0.5, 0.6) is 5.75 Å². The highest BCUT2D eigenvalue weighted by atomic mass is 16.4. The van der Waals surface area contributed by atoms with Crippen LogP contribution in [0, 0.1) is 28.6 Å². The van der Waals surface area contributed by atoms with Gasteiger partial charge in [-0.25, -0.2) is 0 Å². The molecule has 10 heteroatoms. The summed E-state index contributed by atoms with van der Waals surface area (Å²) in [6.45, 7) is 8.83. The number of aliphatic hydroxyl groups excluding tert-OH is 3. The van der Waals surface area contributed by atoms with E-state index in [0.29, 0.717) is 5.56 Å². The lowest BCUT2D eigenvalue weighted by molar-refractivity contribution is -0.215. The fraction of sp³-hybridized carbons (Fsp3) is 0.417. The molecule has 0 spiro atoms. The molecule has 4 aliphatic carbocycles. The van der Waals surface area contributed by atoms with Crippen molar-refractivity contribution in [2.75, 3.05) is 0 Å². The number of phenols is 1. The number of hydrogen-bond acceptors (Lipinski definition) is 10. The Hall–Kier alpha value is -4.41. The van der Waals surface area contributed by atoms with Crippen molar-refractivity contribution < 1.29 is 49.5 Å². The Labute approximate surface area is 265 Å². The average Bonchev–Trinajstić information content (AvgIpc) is 3.23. The molecule has 1 saturated carbocycles. The normalized spacial score (nSPS) is 32.5. The molecule has 6 rings (SSSR count). The van der Waals surface area contributed by atoms with E-state index in [9.17, 15) is 49.5 Å². The van der Waals surface area contributed by atoms with Crippen LogP contribution in [0.3, 0.4) is 0 Å². The van der Waals surface area contributed by atoms with Crippen molar-refractivity contribution in [3.8, 4) is 5.75 Å². The number of ketones is 5. The van der Waals surface area contributed by atoms with Crippen molar-refractivity contribution in [2.24, 2.45) is 28.6 Å². The quantitative estimate of drug-likeness (QED) is 0.245. The fourth-order valence-corrected chi connectivity index (χ4v) is 8.95. The van der Waals surface area contributed by atoms with E-state index in [0.717, 1.165) is 6.92 Å². The summed E-state index contributed by atoms with van der Waals surface area (Å²) in [4.78, 5) is 67.1. The summed E-state index contributed by atoms with van der Waals surface area (Å²) >= 11 is 0. The Morgan fingerprint density at radius 3 is 2.00 bits per heavy atom. The van der Waals surface area contributed by atoms with Crippen LogP contribution in [0.1, 0.15) is 84.9 Å². The summed E-state index contributed by atoms with van der Waals surface area (Å²) in [5, 5.41) is 59.3. The Kier molecular flexibility index (Phi) is 6.72. The van der Waals surface area contributed by atoms with E-state index in [1.165, 1.54) is 19.9 Å². The Morgan fingerprint density at radius 1 is 0.913 bits per heavy atom. The van der Waals surface area contributed by atoms with Crippen LogP contribution < -0.4 is 0 Å². The fourth-order valence-electron chi connectivity index (χ4n) is 8.95. The van der Waals surface area contributed by atoms with Crippen molar-refractivity contribution in [1.82, 2.24) is 0 Å². The molecule has 4 aliphatic rings. The third-order valence-corrected chi connectivity index (χ3v) is 11.4. The van der Waals surface area contributed by atoms with Crippen molar-refractivity contribution in [3.63, 3.8) is 0 Å². The van der Waals surface area contributed by atoms with Crippen molar-refractivity contribution >= 4 is 34.7 Å². The minimum atomic E-state index is -2.99. The summed E-state index contributed by atoms with van der Waals surface area (Å²) < 4.78 is 0. The Morgan fingerprint density at radius 2 is 1.48 bits per heavy atom. The molecule has 0 aromatic heterocycles. The molecule has 0 amide bonds. The van der Waals surface area contributed by atoms with Crippen LogP contribution in [0.15, 0.2) is 53.3 Å². The minimum absolute atomic E-state index is 0.151. The molecule has 1 unspecified atom stereocenters. The van der Waals surface area contributed by atoms with E-state index < -0.39 is 104 Å². The molecule has 0 heterocycles. The van der Waals surface area contributed by atoms with Crippen molar-refractivity contribution in [3.05, 3.63) is 81.1 Å². The lowest BCUT2D eigenvalue weighted by atomic mass is 9.40. The summed E-state index contributed by atoms with van der Waals surface area (Å²) in [5.41, 5.74) is -7.03. The molecule has 0 aliphatic heterocycles. The summed E-state index contributed by atoms with van der Waals surface area (Å²) in [6, 6.07) is 9.53. The number of hydrogen-bond donors (Lipinski definition) is 5. The Bertz CT molecular complexity index is 1850. The second-order valence-corrected chi connectivity index (χ2v) is 13.9. The predicted octanol–water partition coefficient (Wildman–Crippen LogP) is 3.96. The first kappa shape index (κ1) is 31.6. The number of aliphatic hydroxyl groups is 4. The van der Waals surface area contributed by atoms with Crippen LogP contribution in [0.2, 0.25) is 0 Å². The van der Waals surface area contributed by atoms with Gasteiger partial charge in [-0.1, -0.05) is 71.0 Å². The molecule has 0 radical (unpaired) electrons. The second-order valence-electron chi connectivity index (χ2n) is 13.9. The van der Waals surface area contributed by atoms with Gasteiger partial charge in [-0.15, -0.1) is 0 Å². The molecule has 240 valence electrons. The highest BCUT2D eigenvalue weighted by molar-refractivity contribution is 6.27. The van der Waals surface area contributed by atoms with Gasteiger partial charge in [-0.2, -0.15) is 0 Å². The first-order chi connectivity index (χ1) is 21.4. The molecule has 46 heavy (non-hydrogen) atoms. The van der Waals surface area contributed by atoms with Crippen LogP contribution in [-0.4, -0.2) is 66.2 Å². The lowest BCUT2D eigenvalue weighted by Crippen LogP contribution is -2.75. The molecular weight excluding hydrogens is 592 g/mol. The molecule has 10 nitrogen and oxygen atoms in total. The number of benzene rings is 2. The van der Waals surface area contributed by atoms with Gasteiger partial charge in [-0.3, -0.25) is 24.0 Å². The monoisotopic (exact) mass is 628 g/mol. The molecule has 5 N–H and O–H groups in total. The summed E-state index contributed by atoms with van der Waals surface area (Å²) in [6.07, 6.45) is -1.92. The number of carbonyl (C=O) groups is 5. The van der Waals surface area contributed by atoms with Crippen LogP contribution >= 0.6 is 0 Å². The second kappa shape index (κ2) is 9.80. The highest BCUT2D eigenvalue weighted by Gasteiger charge is 2.77. The molecule has 2 aromatic carbocycles. The van der Waals surface area contributed by atoms with Gasteiger partial charge in [0.05, 0.1) is 23.2 Å². The maximum atomic E-state index is 14.6. The molecular formula is C36H36O10. The largest absolute Gasteiger partial charge is 0.508 e. The number of phenolic OH excluding ortho intramolecular Hbond substituents is 1. The van der Waals surface area contributed by atoms with E-state index >= 15 is 0 Å². The molecule has 0 saturated heterocycles. The Balaban J connectivity index is 1.56. The molecule has 6 atom stereocenters. The van der Waals surface area contributed by atoms with Gasteiger partial charge in [0.15, 0.2) is 28.7 Å². The molecule has 2 aromatic rings. The van der Waals surface area contributed by atoms with E-state index in [4.69, 9.17) is 0 Å². The SMILES string of the molecule is CC(=O)C1=C(O)[C@]2(O)C(=O)C3=C(O)c4c(ccc(CC5C(=O)c6ccccc6C5=O)c4O)[C@@H](C)[C@]3(C)[C@@H](O)[C@]2(C)C(C(C)C)C1=O. The third-order valence-electron chi connectivity index (χ3n) is 11.4. The van der Waals surface area contributed by atoms with Crippen LogP contribution in [0.25, 0.3) is 5.76 Å². The number of carbonyl (C=O) groups excluding carboxylic acids is 5. The van der Waals surface area contributed by atoms with Gasteiger partial charge in [0.2, 0.25) is 5.78 Å². The standard InChI is InChI=1S/C36H36O10/c1-14(2)24-29(41)22(16(4)37)31(43)36(46)32(44)25-30(42)23-18(15(3)34(25,5)33(45)35(24,36)6)12-11-17(26(23)38)13-21-27(39)19-9-7-8-10-20(19)28(21)40/h7-12,14-15,21,24,33,38,42-43,45-46H,13H2,1-6H3/t15-,24?,33-,34+,35+,36+/m1/s1.